The van der Waals surface area contributed by atoms with Crippen LogP contribution in [0.15, 0.2) is 40.0 Å². The molecule has 1 aromatic carbocycles. The number of hydrogen-bond acceptors (Lipinski definition) is 7. The quantitative estimate of drug-likeness (QED) is 0.530. The van der Waals surface area contributed by atoms with Crippen LogP contribution < -0.4 is 10.1 Å². The van der Waals surface area contributed by atoms with Gasteiger partial charge in [0.25, 0.3) is 0 Å². The van der Waals surface area contributed by atoms with Gasteiger partial charge in [0.2, 0.25) is 11.8 Å². The summed E-state index contributed by atoms with van der Waals surface area (Å²) in [4.78, 5) is 12.5. The minimum absolute atomic E-state index is 0.189. The molecule has 0 radical (unpaired) electrons. The van der Waals surface area contributed by atoms with Gasteiger partial charge in [0.1, 0.15) is 12.4 Å². The third kappa shape index (κ3) is 4.73. The highest BCUT2D eigenvalue weighted by Gasteiger charge is 2.31. The molecule has 0 bridgehead atoms. The normalized spacial score (nSPS) is 14.6. The predicted octanol–water partition coefficient (Wildman–Crippen LogP) is 4.26. The molecule has 29 heavy (non-hydrogen) atoms. The van der Waals surface area contributed by atoms with Crippen LogP contribution >= 0.6 is 23.4 Å². The van der Waals surface area contributed by atoms with Crippen molar-refractivity contribution in [3.05, 3.63) is 46.9 Å². The van der Waals surface area contributed by atoms with E-state index in [9.17, 15) is 4.79 Å². The Bertz CT molecular complexity index is 1020. The van der Waals surface area contributed by atoms with Gasteiger partial charge in [-0.15, -0.1) is 10.2 Å². The van der Waals surface area contributed by atoms with Crippen LogP contribution in [0.25, 0.3) is 0 Å². The number of amides is 1. The van der Waals surface area contributed by atoms with Crippen molar-refractivity contribution < 1.29 is 14.1 Å². The molecule has 3 aromatic rings. The van der Waals surface area contributed by atoms with Gasteiger partial charge in [0.05, 0.1) is 16.0 Å². The molecule has 10 heteroatoms. The van der Waals surface area contributed by atoms with Crippen LogP contribution in [0.2, 0.25) is 5.02 Å². The number of aryl methyl sites for hydroxylation is 1. The van der Waals surface area contributed by atoms with E-state index < -0.39 is 0 Å². The van der Waals surface area contributed by atoms with Crippen molar-refractivity contribution in [3.8, 4) is 5.75 Å². The fourth-order valence-electron chi connectivity index (χ4n) is 2.75. The van der Waals surface area contributed by atoms with Crippen LogP contribution in [0.5, 0.6) is 5.75 Å². The first kappa shape index (κ1) is 19.8. The van der Waals surface area contributed by atoms with Crippen LogP contribution in [0.4, 0.5) is 5.88 Å². The summed E-state index contributed by atoms with van der Waals surface area (Å²) in [6.07, 6.45) is 2.12. The Morgan fingerprint density at radius 1 is 1.41 bits per heavy atom. The van der Waals surface area contributed by atoms with Crippen LogP contribution in [0, 0.1) is 6.92 Å². The lowest BCUT2D eigenvalue weighted by Crippen LogP contribution is -2.22. The van der Waals surface area contributed by atoms with Gasteiger partial charge in [-0.1, -0.05) is 40.7 Å². The number of nitrogens with zero attached hydrogens (tertiary/aromatic N) is 4. The second-order valence-corrected chi connectivity index (χ2v) is 8.52. The van der Waals surface area contributed by atoms with Crippen LogP contribution in [0.1, 0.15) is 37.3 Å². The largest absolute Gasteiger partial charge is 0.484 e. The molecule has 1 saturated carbocycles. The van der Waals surface area contributed by atoms with E-state index in [-0.39, 0.29) is 17.8 Å². The first-order valence-corrected chi connectivity index (χ1v) is 10.5. The maximum atomic E-state index is 12.5. The molecule has 0 saturated heterocycles. The van der Waals surface area contributed by atoms with Crippen molar-refractivity contribution in [2.24, 2.45) is 0 Å². The molecule has 1 unspecified atom stereocenters. The number of halogens is 1. The summed E-state index contributed by atoms with van der Waals surface area (Å²) < 4.78 is 12.9. The van der Waals surface area contributed by atoms with Gasteiger partial charge in [-0.2, -0.15) is 0 Å². The molecular formula is C19H20ClN5O3S. The Morgan fingerprint density at radius 2 is 2.21 bits per heavy atom. The highest BCUT2D eigenvalue weighted by atomic mass is 35.5. The summed E-state index contributed by atoms with van der Waals surface area (Å²) in [5.74, 6) is 1.46. The minimum atomic E-state index is -0.389. The number of aromatic nitrogens is 4. The van der Waals surface area contributed by atoms with Crippen molar-refractivity contribution >= 4 is 35.2 Å². The number of ether oxygens (including phenoxy) is 1. The molecule has 1 fully saturated rings. The Morgan fingerprint density at radius 3 is 2.90 bits per heavy atom. The number of anilines is 1. The molecule has 1 amide bonds. The van der Waals surface area contributed by atoms with E-state index >= 15 is 0 Å². The van der Waals surface area contributed by atoms with E-state index in [1.54, 1.807) is 19.1 Å². The van der Waals surface area contributed by atoms with Crippen molar-refractivity contribution in [2.45, 2.75) is 49.7 Å². The van der Waals surface area contributed by atoms with E-state index in [0.717, 1.165) is 12.8 Å². The first-order chi connectivity index (χ1) is 14.0. The summed E-state index contributed by atoms with van der Waals surface area (Å²) in [6.45, 7) is 3.86. The molecule has 0 spiro atoms. The fraction of sp³-hybridized carbons (Fsp3) is 0.368. The third-order valence-electron chi connectivity index (χ3n) is 4.37. The van der Waals surface area contributed by atoms with Crippen LogP contribution in [-0.2, 0) is 11.4 Å². The second kappa shape index (κ2) is 8.46. The second-order valence-electron chi connectivity index (χ2n) is 6.80. The zero-order valence-electron chi connectivity index (χ0n) is 16.0. The number of thioether (sulfide) groups is 1. The van der Waals surface area contributed by atoms with Crippen molar-refractivity contribution in [1.82, 2.24) is 19.9 Å². The SMILES string of the molecule is Cc1cc(NC(=O)C(C)Sc2nnc(COc3ccccc3Cl)n2C2CC2)on1. The topological polar surface area (TPSA) is 95.1 Å². The highest BCUT2D eigenvalue weighted by Crippen LogP contribution is 2.40. The minimum Gasteiger partial charge on any atom is -0.484 e. The first-order valence-electron chi connectivity index (χ1n) is 9.23. The molecule has 4 rings (SSSR count). The standard InChI is InChI=1S/C19H20ClN5O3S/c1-11-9-17(28-24-11)21-18(26)12(2)29-19-23-22-16(25(19)13-7-8-13)10-27-15-6-4-3-5-14(15)20/h3-6,9,12-13H,7-8,10H2,1-2H3,(H,21,26). The van der Waals surface area contributed by atoms with Crippen LogP contribution in [0.3, 0.4) is 0 Å². The smallest absolute Gasteiger partial charge is 0.240 e. The molecule has 0 aliphatic heterocycles. The van der Waals surface area contributed by atoms with Crippen molar-refractivity contribution in [2.75, 3.05) is 5.32 Å². The zero-order chi connectivity index (χ0) is 20.4. The molecule has 2 heterocycles. The van der Waals surface area contributed by atoms with Crippen molar-refractivity contribution in [3.63, 3.8) is 0 Å². The van der Waals surface area contributed by atoms with Gasteiger partial charge in [-0.3, -0.25) is 14.7 Å². The number of para-hydroxylation sites is 1. The molecule has 1 N–H and O–H groups in total. The molecular weight excluding hydrogens is 414 g/mol. The fourth-order valence-corrected chi connectivity index (χ4v) is 3.88. The van der Waals surface area contributed by atoms with E-state index in [2.05, 4.69) is 25.2 Å². The van der Waals surface area contributed by atoms with Crippen LogP contribution in [-0.4, -0.2) is 31.1 Å². The number of hydrogen-bond donors (Lipinski definition) is 1. The average Bonchev–Trinajstić information content (AvgIpc) is 3.34. The Kier molecular flexibility index (Phi) is 5.77. The predicted molar refractivity (Wildman–Crippen MR) is 109 cm³/mol. The highest BCUT2D eigenvalue weighted by molar-refractivity contribution is 8.00. The summed E-state index contributed by atoms with van der Waals surface area (Å²) in [6, 6.07) is 9.32. The van der Waals surface area contributed by atoms with Gasteiger partial charge in [0.15, 0.2) is 11.0 Å². The van der Waals surface area contributed by atoms with E-state index in [0.29, 0.717) is 39.4 Å². The lowest BCUT2D eigenvalue weighted by Gasteiger charge is -2.13. The van der Waals surface area contributed by atoms with Gasteiger partial charge in [0, 0.05) is 12.1 Å². The Hall–Kier alpha value is -2.52. The maximum Gasteiger partial charge on any atom is 0.240 e. The summed E-state index contributed by atoms with van der Waals surface area (Å²) >= 11 is 7.51. The number of rotatable bonds is 8. The molecule has 152 valence electrons. The Labute approximate surface area is 177 Å². The number of carbonyl (C=O) groups excluding carboxylic acids is 1. The average molecular weight is 434 g/mol. The van der Waals surface area contributed by atoms with Gasteiger partial charge in [-0.25, -0.2) is 0 Å². The number of benzene rings is 1. The summed E-state index contributed by atoms with van der Waals surface area (Å²) in [5, 5.41) is 15.9. The van der Waals surface area contributed by atoms with E-state index in [1.165, 1.54) is 11.8 Å². The summed E-state index contributed by atoms with van der Waals surface area (Å²) in [5.41, 5.74) is 0.706. The third-order valence-corrected chi connectivity index (χ3v) is 5.74. The molecule has 1 aliphatic carbocycles. The monoisotopic (exact) mass is 433 g/mol. The van der Waals surface area contributed by atoms with E-state index in [1.807, 2.05) is 25.1 Å². The summed E-state index contributed by atoms with van der Waals surface area (Å²) in [7, 11) is 0. The lowest BCUT2D eigenvalue weighted by molar-refractivity contribution is -0.115. The number of nitrogens with one attached hydrogen (secondary N) is 1. The molecule has 1 aliphatic rings. The molecule has 1 atom stereocenters. The van der Waals surface area contributed by atoms with Gasteiger partial charge >= 0.3 is 0 Å². The van der Waals surface area contributed by atoms with Gasteiger partial charge < -0.3 is 9.26 Å². The Balaban J connectivity index is 1.43. The molecule has 8 nitrogen and oxygen atoms in total. The van der Waals surface area contributed by atoms with E-state index in [4.69, 9.17) is 20.9 Å². The number of carbonyl (C=O) groups is 1. The molecule has 2 aromatic heterocycles. The zero-order valence-corrected chi connectivity index (χ0v) is 17.5. The van der Waals surface area contributed by atoms with Crippen molar-refractivity contribution in [1.29, 1.82) is 0 Å². The lowest BCUT2D eigenvalue weighted by atomic mass is 10.3. The van der Waals surface area contributed by atoms with Gasteiger partial charge in [-0.05, 0) is 38.8 Å². The maximum absolute atomic E-state index is 12.5.